The number of ether oxygens (including phenoxy) is 1. The Balaban J connectivity index is 1.80. The van der Waals surface area contributed by atoms with Gasteiger partial charge in [0.15, 0.2) is 0 Å². The zero-order valence-corrected chi connectivity index (χ0v) is 16.2. The van der Waals surface area contributed by atoms with Gasteiger partial charge in [0.2, 0.25) is 11.8 Å². The van der Waals surface area contributed by atoms with Crippen molar-refractivity contribution in [3.63, 3.8) is 0 Å². The number of nitrogens with one attached hydrogen (secondary N) is 2. The first-order valence-electron chi connectivity index (χ1n) is 9.17. The van der Waals surface area contributed by atoms with Crippen molar-refractivity contribution in [1.82, 2.24) is 10.6 Å². The highest BCUT2D eigenvalue weighted by molar-refractivity contribution is 6.04. The van der Waals surface area contributed by atoms with Gasteiger partial charge in [0.1, 0.15) is 11.2 Å². The number of benzene rings is 2. The molecule has 2 aromatic rings. The first-order valence-corrected chi connectivity index (χ1v) is 9.17. The van der Waals surface area contributed by atoms with Crippen LogP contribution < -0.4 is 15.4 Å². The quantitative estimate of drug-likeness (QED) is 0.528. The van der Waals surface area contributed by atoms with E-state index in [-0.39, 0.29) is 11.8 Å². The van der Waals surface area contributed by atoms with E-state index >= 15 is 0 Å². The van der Waals surface area contributed by atoms with Crippen LogP contribution in [0.2, 0.25) is 0 Å². The SMILES string of the molecule is COc1ccccc1CNC(=O)C(C)(C)C(=O)NCCCc1ccccc1. The molecule has 0 fully saturated rings. The Kier molecular flexibility index (Phi) is 7.41. The van der Waals surface area contributed by atoms with Gasteiger partial charge in [-0.05, 0) is 38.3 Å². The van der Waals surface area contributed by atoms with Crippen LogP contribution in [0.3, 0.4) is 0 Å². The molecule has 0 bridgehead atoms. The number of methoxy groups -OCH3 is 1. The standard InChI is InChI=1S/C22H28N2O3/c1-22(2,20(25)23-15-9-12-17-10-5-4-6-11-17)21(26)24-16-18-13-7-8-14-19(18)27-3/h4-8,10-11,13-14H,9,12,15-16H2,1-3H3,(H,23,25)(H,24,26). The first kappa shape index (κ1) is 20.5. The van der Waals surface area contributed by atoms with Crippen LogP contribution in [0, 0.1) is 5.41 Å². The van der Waals surface area contributed by atoms with Crippen molar-refractivity contribution in [3.05, 3.63) is 65.7 Å². The number of rotatable bonds is 9. The third kappa shape index (κ3) is 5.84. The predicted molar refractivity (Wildman–Crippen MR) is 106 cm³/mol. The van der Waals surface area contributed by atoms with E-state index < -0.39 is 5.41 Å². The number of hydrogen-bond acceptors (Lipinski definition) is 3. The Morgan fingerprint density at radius 2 is 1.56 bits per heavy atom. The second kappa shape index (κ2) is 9.76. The third-order valence-corrected chi connectivity index (χ3v) is 4.54. The molecular weight excluding hydrogens is 340 g/mol. The average molecular weight is 368 g/mol. The molecule has 144 valence electrons. The van der Waals surface area contributed by atoms with E-state index in [0.29, 0.717) is 18.8 Å². The Hall–Kier alpha value is -2.82. The zero-order chi connectivity index (χ0) is 19.7. The van der Waals surface area contributed by atoms with Gasteiger partial charge in [0, 0.05) is 18.7 Å². The van der Waals surface area contributed by atoms with E-state index in [4.69, 9.17) is 4.74 Å². The van der Waals surface area contributed by atoms with Crippen molar-refractivity contribution in [2.24, 2.45) is 5.41 Å². The van der Waals surface area contributed by atoms with Crippen molar-refractivity contribution in [3.8, 4) is 5.75 Å². The highest BCUT2D eigenvalue weighted by Crippen LogP contribution is 2.19. The largest absolute Gasteiger partial charge is 0.496 e. The van der Waals surface area contributed by atoms with Crippen molar-refractivity contribution in [2.75, 3.05) is 13.7 Å². The number of aryl methyl sites for hydroxylation is 1. The summed E-state index contributed by atoms with van der Waals surface area (Å²) in [7, 11) is 1.59. The summed E-state index contributed by atoms with van der Waals surface area (Å²) in [6.07, 6.45) is 1.72. The maximum atomic E-state index is 12.5. The molecule has 5 heteroatoms. The molecule has 0 radical (unpaired) electrons. The van der Waals surface area contributed by atoms with Gasteiger partial charge in [-0.3, -0.25) is 9.59 Å². The Morgan fingerprint density at radius 3 is 2.26 bits per heavy atom. The predicted octanol–water partition coefficient (Wildman–Crippen LogP) is 3.09. The smallest absolute Gasteiger partial charge is 0.235 e. The van der Waals surface area contributed by atoms with E-state index in [9.17, 15) is 9.59 Å². The molecule has 0 atom stereocenters. The van der Waals surface area contributed by atoms with Crippen LogP contribution in [0.1, 0.15) is 31.4 Å². The summed E-state index contributed by atoms with van der Waals surface area (Å²) < 4.78 is 5.28. The summed E-state index contributed by atoms with van der Waals surface area (Å²) in [4.78, 5) is 25.0. The van der Waals surface area contributed by atoms with Gasteiger partial charge in [-0.15, -0.1) is 0 Å². The lowest BCUT2D eigenvalue weighted by molar-refractivity contribution is -0.141. The van der Waals surface area contributed by atoms with Crippen LogP contribution in [0.4, 0.5) is 0 Å². The maximum Gasteiger partial charge on any atom is 0.235 e. The van der Waals surface area contributed by atoms with E-state index in [1.807, 2.05) is 42.5 Å². The Morgan fingerprint density at radius 1 is 0.926 bits per heavy atom. The minimum absolute atomic E-state index is 0.270. The maximum absolute atomic E-state index is 12.5. The molecule has 0 aliphatic carbocycles. The molecule has 0 aliphatic heterocycles. The van der Waals surface area contributed by atoms with Gasteiger partial charge in [-0.2, -0.15) is 0 Å². The number of para-hydroxylation sites is 1. The van der Waals surface area contributed by atoms with Crippen molar-refractivity contribution >= 4 is 11.8 Å². The molecule has 5 nitrogen and oxygen atoms in total. The highest BCUT2D eigenvalue weighted by atomic mass is 16.5. The summed E-state index contributed by atoms with van der Waals surface area (Å²) >= 11 is 0. The molecule has 2 aromatic carbocycles. The molecule has 0 unspecified atom stereocenters. The van der Waals surface area contributed by atoms with Gasteiger partial charge in [0.25, 0.3) is 0 Å². The van der Waals surface area contributed by atoms with E-state index in [2.05, 4.69) is 22.8 Å². The van der Waals surface area contributed by atoms with Crippen LogP contribution in [0.15, 0.2) is 54.6 Å². The normalized spacial score (nSPS) is 10.9. The third-order valence-electron chi connectivity index (χ3n) is 4.54. The summed E-state index contributed by atoms with van der Waals surface area (Å²) in [6, 6.07) is 17.6. The first-order chi connectivity index (χ1) is 12.9. The summed E-state index contributed by atoms with van der Waals surface area (Å²) in [5, 5.41) is 5.70. The van der Waals surface area contributed by atoms with Crippen LogP contribution >= 0.6 is 0 Å². The highest BCUT2D eigenvalue weighted by Gasteiger charge is 2.35. The molecule has 27 heavy (non-hydrogen) atoms. The van der Waals surface area contributed by atoms with Crippen LogP contribution in [-0.2, 0) is 22.6 Å². The van der Waals surface area contributed by atoms with Gasteiger partial charge in [0.05, 0.1) is 7.11 Å². The summed E-state index contributed by atoms with van der Waals surface area (Å²) in [6.45, 7) is 4.12. The Labute approximate surface area is 161 Å². The topological polar surface area (TPSA) is 67.4 Å². The molecule has 2 rings (SSSR count). The zero-order valence-electron chi connectivity index (χ0n) is 16.2. The molecule has 2 amide bonds. The lowest BCUT2D eigenvalue weighted by atomic mass is 9.91. The minimum Gasteiger partial charge on any atom is -0.496 e. The summed E-state index contributed by atoms with van der Waals surface area (Å²) in [5.74, 6) is 0.128. The van der Waals surface area contributed by atoms with Gasteiger partial charge in [-0.1, -0.05) is 48.5 Å². The van der Waals surface area contributed by atoms with E-state index in [1.54, 1.807) is 21.0 Å². The monoisotopic (exact) mass is 368 g/mol. The van der Waals surface area contributed by atoms with Crippen molar-refractivity contribution in [2.45, 2.75) is 33.2 Å². The molecule has 0 heterocycles. The van der Waals surface area contributed by atoms with Crippen LogP contribution in [-0.4, -0.2) is 25.5 Å². The molecule has 0 aromatic heterocycles. The molecule has 0 saturated carbocycles. The number of hydrogen-bond donors (Lipinski definition) is 2. The second-order valence-electron chi connectivity index (χ2n) is 6.96. The van der Waals surface area contributed by atoms with E-state index in [1.165, 1.54) is 5.56 Å². The Bertz CT molecular complexity index is 757. The van der Waals surface area contributed by atoms with Crippen molar-refractivity contribution < 1.29 is 14.3 Å². The number of carbonyl (C=O) groups excluding carboxylic acids is 2. The van der Waals surface area contributed by atoms with E-state index in [0.717, 1.165) is 18.4 Å². The van der Waals surface area contributed by atoms with Gasteiger partial charge >= 0.3 is 0 Å². The fraction of sp³-hybridized carbons (Fsp3) is 0.364. The van der Waals surface area contributed by atoms with Crippen LogP contribution in [0.25, 0.3) is 0 Å². The molecule has 0 saturated heterocycles. The lowest BCUT2D eigenvalue weighted by Crippen LogP contribution is -2.47. The fourth-order valence-electron chi connectivity index (χ4n) is 2.71. The lowest BCUT2D eigenvalue weighted by Gasteiger charge is -2.23. The van der Waals surface area contributed by atoms with Gasteiger partial charge in [-0.25, -0.2) is 0 Å². The fourth-order valence-corrected chi connectivity index (χ4v) is 2.71. The second-order valence-corrected chi connectivity index (χ2v) is 6.96. The van der Waals surface area contributed by atoms with Gasteiger partial charge < -0.3 is 15.4 Å². The number of carbonyl (C=O) groups is 2. The minimum atomic E-state index is -1.14. The van der Waals surface area contributed by atoms with Crippen molar-refractivity contribution in [1.29, 1.82) is 0 Å². The van der Waals surface area contributed by atoms with Crippen LogP contribution in [0.5, 0.6) is 5.75 Å². The number of amides is 2. The molecule has 0 aliphatic rings. The molecule has 2 N–H and O–H groups in total. The molecular formula is C22H28N2O3. The molecule has 0 spiro atoms. The summed E-state index contributed by atoms with van der Waals surface area (Å²) in [5.41, 5.74) is 0.961. The average Bonchev–Trinajstić information content (AvgIpc) is 2.70.